The highest BCUT2D eigenvalue weighted by Crippen LogP contribution is 2.55. The van der Waals surface area contributed by atoms with Gasteiger partial charge in [0.1, 0.15) is 0 Å². The zero-order valence-electron chi connectivity index (χ0n) is 16.1. The maximum absolute atomic E-state index is 13.5. The Kier molecular flexibility index (Phi) is 4.99. The number of hydrogen-bond acceptors (Lipinski definition) is 6. The van der Waals surface area contributed by atoms with E-state index in [1.54, 1.807) is 44.2 Å². The number of carbonyl (C=O) groups is 3. The standard InChI is InChI=1S/C20H25NO6/c1-5-25-17(23)20(18(24)26-6-2)14(13-10-8-7-9-11-13)15(22)21-16(20)27-12-19(21,3)4/h7-11,14,16H,5-6,12H2,1-4H3/t14-,16?/m0/s1. The Labute approximate surface area is 158 Å². The van der Waals surface area contributed by atoms with Crippen LogP contribution < -0.4 is 0 Å². The van der Waals surface area contributed by atoms with Crippen LogP contribution in [-0.4, -0.2) is 54.3 Å². The number of esters is 2. The summed E-state index contributed by atoms with van der Waals surface area (Å²) in [7, 11) is 0. The van der Waals surface area contributed by atoms with Gasteiger partial charge in [-0.1, -0.05) is 30.3 Å². The van der Waals surface area contributed by atoms with Crippen LogP contribution in [-0.2, 0) is 28.6 Å². The van der Waals surface area contributed by atoms with Gasteiger partial charge in [0, 0.05) is 0 Å². The second kappa shape index (κ2) is 6.96. The summed E-state index contributed by atoms with van der Waals surface area (Å²) < 4.78 is 16.4. The van der Waals surface area contributed by atoms with Crippen LogP contribution in [0.1, 0.15) is 39.2 Å². The van der Waals surface area contributed by atoms with Crippen LogP contribution in [0.25, 0.3) is 0 Å². The summed E-state index contributed by atoms with van der Waals surface area (Å²) in [6.07, 6.45) is -1.07. The van der Waals surface area contributed by atoms with Gasteiger partial charge in [-0.05, 0) is 33.3 Å². The van der Waals surface area contributed by atoms with Crippen molar-refractivity contribution in [2.75, 3.05) is 19.8 Å². The van der Waals surface area contributed by atoms with Crippen molar-refractivity contribution >= 4 is 17.8 Å². The van der Waals surface area contributed by atoms with Crippen LogP contribution in [0, 0.1) is 5.41 Å². The topological polar surface area (TPSA) is 82.1 Å². The van der Waals surface area contributed by atoms with Gasteiger partial charge in [-0.2, -0.15) is 0 Å². The lowest BCUT2D eigenvalue weighted by molar-refractivity contribution is -0.184. The maximum atomic E-state index is 13.5. The molecule has 2 saturated heterocycles. The van der Waals surface area contributed by atoms with Gasteiger partial charge in [-0.25, -0.2) is 0 Å². The number of amides is 1. The molecule has 2 atom stereocenters. The van der Waals surface area contributed by atoms with Gasteiger partial charge in [-0.3, -0.25) is 14.4 Å². The first-order chi connectivity index (χ1) is 12.8. The molecule has 2 heterocycles. The number of carbonyl (C=O) groups excluding carboxylic acids is 3. The van der Waals surface area contributed by atoms with Crippen LogP contribution in [0.5, 0.6) is 0 Å². The minimum absolute atomic E-state index is 0.0752. The number of benzene rings is 1. The Balaban J connectivity index is 2.25. The fourth-order valence-corrected chi connectivity index (χ4v) is 4.04. The highest BCUT2D eigenvalue weighted by molar-refractivity contribution is 6.10. The van der Waals surface area contributed by atoms with Gasteiger partial charge in [0.15, 0.2) is 6.23 Å². The van der Waals surface area contributed by atoms with E-state index in [-0.39, 0.29) is 25.7 Å². The van der Waals surface area contributed by atoms with Crippen molar-refractivity contribution in [3.8, 4) is 0 Å². The summed E-state index contributed by atoms with van der Waals surface area (Å²) in [6, 6.07) is 8.79. The van der Waals surface area contributed by atoms with E-state index in [9.17, 15) is 14.4 Å². The Morgan fingerprint density at radius 3 is 2.19 bits per heavy atom. The highest BCUT2D eigenvalue weighted by Gasteiger charge is 2.75. The molecule has 0 aliphatic carbocycles. The van der Waals surface area contributed by atoms with E-state index in [4.69, 9.17) is 14.2 Å². The van der Waals surface area contributed by atoms with Crippen molar-refractivity contribution in [3.05, 3.63) is 35.9 Å². The number of fused-ring (bicyclic) bond motifs is 1. The van der Waals surface area contributed by atoms with Crippen LogP contribution in [0.4, 0.5) is 0 Å². The molecule has 2 fully saturated rings. The van der Waals surface area contributed by atoms with Gasteiger partial charge in [0.2, 0.25) is 11.3 Å². The molecule has 1 aromatic carbocycles. The van der Waals surface area contributed by atoms with Crippen molar-refractivity contribution in [3.63, 3.8) is 0 Å². The number of nitrogens with zero attached hydrogens (tertiary/aromatic N) is 1. The van der Waals surface area contributed by atoms with Crippen LogP contribution in [0.15, 0.2) is 30.3 Å². The van der Waals surface area contributed by atoms with E-state index in [1.165, 1.54) is 4.90 Å². The molecule has 1 amide bonds. The zero-order chi connectivity index (χ0) is 19.8. The summed E-state index contributed by atoms with van der Waals surface area (Å²) in [6.45, 7) is 7.37. The van der Waals surface area contributed by atoms with Crippen molar-refractivity contribution in [2.45, 2.75) is 45.4 Å². The molecule has 146 valence electrons. The molecule has 0 bridgehead atoms. The van der Waals surface area contributed by atoms with E-state index < -0.39 is 35.0 Å². The van der Waals surface area contributed by atoms with E-state index in [1.807, 2.05) is 13.8 Å². The lowest BCUT2D eigenvalue weighted by atomic mass is 9.72. The average molecular weight is 375 g/mol. The number of rotatable bonds is 5. The molecule has 2 aliphatic heterocycles. The van der Waals surface area contributed by atoms with Gasteiger partial charge >= 0.3 is 11.9 Å². The predicted molar refractivity (Wildman–Crippen MR) is 95.5 cm³/mol. The highest BCUT2D eigenvalue weighted by atomic mass is 16.6. The lowest BCUT2D eigenvalue weighted by Crippen LogP contribution is -2.53. The fourth-order valence-electron chi connectivity index (χ4n) is 4.04. The molecule has 2 aliphatic rings. The molecule has 0 aromatic heterocycles. The van der Waals surface area contributed by atoms with Gasteiger partial charge in [0.05, 0.1) is 31.3 Å². The molecule has 27 heavy (non-hydrogen) atoms. The third-order valence-electron chi connectivity index (χ3n) is 5.17. The maximum Gasteiger partial charge on any atom is 0.329 e. The molecule has 0 N–H and O–H groups in total. The molecule has 1 aromatic rings. The molecule has 0 radical (unpaired) electrons. The Morgan fingerprint density at radius 2 is 1.67 bits per heavy atom. The lowest BCUT2D eigenvalue weighted by Gasteiger charge is -2.33. The Bertz CT molecular complexity index is 726. The minimum Gasteiger partial charge on any atom is -0.465 e. The minimum atomic E-state index is -1.90. The van der Waals surface area contributed by atoms with Crippen molar-refractivity contribution in [1.82, 2.24) is 4.90 Å². The average Bonchev–Trinajstić information content (AvgIpc) is 3.09. The molecular weight excluding hydrogens is 350 g/mol. The molecular formula is C20H25NO6. The monoisotopic (exact) mass is 375 g/mol. The summed E-state index contributed by atoms with van der Waals surface area (Å²) in [4.78, 5) is 41.3. The normalized spacial score (nSPS) is 25.2. The van der Waals surface area contributed by atoms with Crippen molar-refractivity contribution in [2.24, 2.45) is 5.41 Å². The first kappa shape index (κ1) is 19.4. The fraction of sp³-hybridized carbons (Fsp3) is 0.550. The predicted octanol–water partition coefficient (Wildman–Crippen LogP) is 1.86. The smallest absolute Gasteiger partial charge is 0.329 e. The van der Waals surface area contributed by atoms with Gasteiger partial charge in [0.25, 0.3) is 0 Å². The van der Waals surface area contributed by atoms with E-state index in [0.29, 0.717) is 5.56 Å². The third kappa shape index (κ3) is 2.72. The molecule has 0 saturated carbocycles. The van der Waals surface area contributed by atoms with Crippen LogP contribution in [0.3, 0.4) is 0 Å². The van der Waals surface area contributed by atoms with Gasteiger partial charge in [-0.15, -0.1) is 0 Å². The Hall–Kier alpha value is -2.41. The van der Waals surface area contributed by atoms with Gasteiger partial charge < -0.3 is 19.1 Å². The molecule has 0 spiro atoms. The largest absolute Gasteiger partial charge is 0.465 e. The first-order valence-electron chi connectivity index (χ1n) is 9.16. The van der Waals surface area contributed by atoms with Crippen LogP contribution >= 0.6 is 0 Å². The summed E-state index contributed by atoms with van der Waals surface area (Å²) >= 11 is 0. The molecule has 3 rings (SSSR count). The SMILES string of the molecule is CCOC(=O)C1(C(=O)OCC)C2OCC(C)(C)N2C(=O)[C@@H]1c1ccccc1. The second-order valence-electron chi connectivity index (χ2n) is 7.34. The number of ether oxygens (including phenoxy) is 3. The van der Waals surface area contributed by atoms with E-state index in [2.05, 4.69) is 0 Å². The molecule has 1 unspecified atom stereocenters. The van der Waals surface area contributed by atoms with Crippen molar-refractivity contribution in [1.29, 1.82) is 0 Å². The zero-order valence-corrected chi connectivity index (χ0v) is 16.1. The van der Waals surface area contributed by atoms with Crippen LogP contribution in [0.2, 0.25) is 0 Å². The summed E-state index contributed by atoms with van der Waals surface area (Å²) in [5, 5.41) is 0. The Morgan fingerprint density at radius 1 is 1.11 bits per heavy atom. The quantitative estimate of drug-likeness (QED) is 0.577. The number of hydrogen-bond donors (Lipinski definition) is 0. The van der Waals surface area contributed by atoms with E-state index in [0.717, 1.165) is 0 Å². The third-order valence-corrected chi connectivity index (χ3v) is 5.17. The van der Waals surface area contributed by atoms with E-state index >= 15 is 0 Å². The first-order valence-corrected chi connectivity index (χ1v) is 9.16. The molecule has 7 heteroatoms. The summed E-state index contributed by atoms with van der Waals surface area (Å²) in [5.41, 5.74) is -2.01. The molecule has 7 nitrogen and oxygen atoms in total. The second-order valence-corrected chi connectivity index (χ2v) is 7.34. The van der Waals surface area contributed by atoms with Crippen molar-refractivity contribution < 1.29 is 28.6 Å². The summed E-state index contributed by atoms with van der Waals surface area (Å²) in [5.74, 6) is -3.00.